The maximum absolute atomic E-state index is 2.36. The molecule has 1 aliphatic rings. The Hall–Kier alpha value is -4.16. The van der Waals surface area contributed by atoms with Crippen LogP contribution in [0.15, 0.2) is 60.7 Å². The predicted molar refractivity (Wildman–Crippen MR) is 209 cm³/mol. The molecule has 0 atom stereocenters. The van der Waals surface area contributed by atoms with Crippen LogP contribution in [0.1, 0.15) is 89.0 Å². The third kappa shape index (κ3) is 6.66. The van der Waals surface area contributed by atoms with Crippen LogP contribution in [0.5, 0.6) is 0 Å². The van der Waals surface area contributed by atoms with Gasteiger partial charge in [0.25, 0.3) is 0 Å². The molecular weight excluding hydrogens is 565 g/mol. The molecule has 47 heavy (non-hydrogen) atoms. The van der Waals surface area contributed by atoms with Gasteiger partial charge in [0.2, 0.25) is 0 Å². The Morgan fingerprint density at radius 1 is 0.255 bits per heavy atom. The lowest BCUT2D eigenvalue weighted by Crippen LogP contribution is -1.93. The molecule has 6 aromatic carbocycles. The lowest BCUT2D eigenvalue weighted by atomic mass is 9.89. The van der Waals surface area contributed by atoms with Crippen LogP contribution in [0, 0.1) is 96.9 Å². The number of hydrogen-bond acceptors (Lipinski definition) is 0. The van der Waals surface area contributed by atoms with E-state index in [0.717, 1.165) is 6.42 Å². The standard InChI is InChI=1S/C20H22.C17H18.C10H14/c1-11-7-17-15(5)19-9-13(3)14(4)10-20(19)16(6)18(17)8-12(11)2;1-10-5-14-9-15-6-11(2)13(4)8-17(15)16(14)7-12(10)3;1-7-5-9(3)10(4)6-8(7)2/h7-10H,1-6H3;5-8H,9H2,1-4H3;5-6H,1-4H3. The van der Waals surface area contributed by atoms with E-state index in [4.69, 9.17) is 0 Å². The molecule has 0 radical (unpaired) electrons. The van der Waals surface area contributed by atoms with Crippen LogP contribution in [0.4, 0.5) is 0 Å². The van der Waals surface area contributed by atoms with Crippen LogP contribution >= 0.6 is 0 Å². The Balaban J connectivity index is 0.000000146. The lowest BCUT2D eigenvalue weighted by molar-refractivity contribution is 1.21. The average Bonchev–Trinajstić information content (AvgIpc) is 3.33. The highest BCUT2D eigenvalue weighted by molar-refractivity contribution is 6.06. The Morgan fingerprint density at radius 3 is 0.745 bits per heavy atom. The Bertz CT molecular complexity index is 1940. The normalized spacial score (nSPS) is 11.5. The van der Waals surface area contributed by atoms with E-state index in [2.05, 4.69) is 158 Å². The topological polar surface area (TPSA) is 0 Å². The second-order valence-electron chi connectivity index (χ2n) is 14.6. The van der Waals surface area contributed by atoms with Gasteiger partial charge in [-0.1, -0.05) is 60.7 Å². The Labute approximate surface area is 284 Å². The highest BCUT2D eigenvalue weighted by Gasteiger charge is 2.20. The summed E-state index contributed by atoms with van der Waals surface area (Å²) in [6.07, 6.45) is 1.10. The molecule has 0 unspecified atom stereocenters. The maximum atomic E-state index is 2.36. The van der Waals surface area contributed by atoms with Crippen molar-refractivity contribution in [1.29, 1.82) is 0 Å². The first kappa shape index (κ1) is 34.2. The van der Waals surface area contributed by atoms with Crippen molar-refractivity contribution in [2.75, 3.05) is 0 Å². The predicted octanol–water partition coefficient (Wildman–Crippen LogP) is 13.3. The summed E-state index contributed by atoms with van der Waals surface area (Å²) < 4.78 is 0. The molecule has 0 aromatic heterocycles. The number of aryl methyl sites for hydroxylation is 14. The average molecular weight is 619 g/mol. The summed E-state index contributed by atoms with van der Waals surface area (Å²) in [4.78, 5) is 0. The lowest BCUT2D eigenvalue weighted by Gasteiger charge is -2.15. The van der Waals surface area contributed by atoms with Crippen molar-refractivity contribution in [1.82, 2.24) is 0 Å². The van der Waals surface area contributed by atoms with Gasteiger partial charge in [0.05, 0.1) is 0 Å². The summed E-state index contributed by atoms with van der Waals surface area (Å²) in [5, 5.41) is 5.62. The van der Waals surface area contributed by atoms with Gasteiger partial charge < -0.3 is 0 Å². The monoisotopic (exact) mass is 618 g/mol. The fourth-order valence-corrected chi connectivity index (χ4v) is 7.02. The second-order valence-corrected chi connectivity index (χ2v) is 14.6. The van der Waals surface area contributed by atoms with Crippen LogP contribution in [0.25, 0.3) is 32.7 Å². The van der Waals surface area contributed by atoms with E-state index >= 15 is 0 Å². The van der Waals surface area contributed by atoms with Gasteiger partial charge in [-0.05, 0) is 225 Å². The number of rotatable bonds is 0. The SMILES string of the molecule is Cc1cc(C)c(C)cc1C.Cc1cc2c(C)c3cc(C)c(C)cc3c(C)c2cc1C.Cc1cc2c(cc1C)-c1cc(C)c(C)cc1C2. The van der Waals surface area contributed by atoms with Crippen LogP contribution < -0.4 is 0 Å². The molecular formula is C47H54. The van der Waals surface area contributed by atoms with Crippen LogP contribution in [0.3, 0.4) is 0 Å². The summed E-state index contributed by atoms with van der Waals surface area (Å²) in [7, 11) is 0. The van der Waals surface area contributed by atoms with Gasteiger partial charge >= 0.3 is 0 Å². The molecule has 0 saturated carbocycles. The maximum Gasteiger partial charge on any atom is -0.00132 e. The van der Waals surface area contributed by atoms with Crippen molar-refractivity contribution in [2.45, 2.75) is 103 Å². The summed E-state index contributed by atoms with van der Waals surface area (Å²) in [5.41, 5.74) is 25.4. The van der Waals surface area contributed by atoms with Gasteiger partial charge in [-0.25, -0.2) is 0 Å². The van der Waals surface area contributed by atoms with Gasteiger partial charge in [0, 0.05) is 0 Å². The van der Waals surface area contributed by atoms with E-state index < -0.39 is 0 Å². The minimum Gasteiger partial charge on any atom is -0.0559 e. The van der Waals surface area contributed by atoms with Crippen molar-refractivity contribution in [2.24, 2.45) is 0 Å². The largest absolute Gasteiger partial charge is 0.0559 e. The first-order chi connectivity index (χ1) is 22.1. The van der Waals surface area contributed by atoms with Gasteiger partial charge in [0.1, 0.15) is 0 Å². The van der Waals surface area contributed by atoms with E-state index in [0.29, 0.717) is 0 Å². The molecule has 6 aromatic rings. The zero-order chi connectivity index (χ0) is 34.5. The summed E-state index contributed by atoms with van der Waals surface area (Å²) >= 11 is 0. The molecule has 0 aliphatic heterocycles. The fourth-order valence-electron chi connectivity index (χ4n) is 7.02. The van der Waals surface area contributed by atoms with Gasteiger partial charge in [-0.15, -0.1) is 0 Å². The van der Waals surface area contributed by atoms with Crippen molar-refractivity contribution < 1.29 is 0 Å². The summed E-state index contributed by atoms with van der Waals surface area (Å²) in [6.45, 7) is 30.8. The first-order valence-electron chi connectivity index (χ1n) is 17.2. The molecule has 0 heterocycles. The molecule has 0 nitrogen and oxygen atoms in total. The van der Waals surface area contributed by atoms with Gasteiger partial charge in [-0.3, -0.25) is 0 Å². The van der Waals surface area contributed by atoms with Crippen LogP contribution in [0.2, 0.25) is 0 Å². The fraction of sp³-hybridized carbons (Fsp3) is 0.319. The Kier molecular flexibility index (Phi) is 9.57. The van der Waals surface area contributed by atoms with E-state index in [1.807, 2.05) is 0 Å². The molecule has 242 valence electrons. The highest BCUT2D eigenvalue weighted by Crippen LogP contribution is 2.39. The molecule has 0 spiro atoms. The summed E-state index contributed by atoms with van der Waals surface area (Å²) in [6, 6.07) is 23.3. The van der Waals surface area contributed by atoms with Crippen molar-refractivity contribution in [3.63, 3.8) is 0 Å². The van der Waals surface area contributed by atoms with Crippen molar-refractivity contribution in [3.8, 4) is 11.1 Å². The first-order valence-corrected chi connectivity index (χ1v) is 17.2. The molecule has 0 N–H and O–H groups in total. The van der Waals surface area contributed by atoms with Gasteiger partial charge in [0.15, 0.2) is 0 Å². The molecule has 0 amide bonds. The van der Waals surface area contributed by atoms with E-state index in [1.165, 1.54) is 122 Å². The minimum atomic E-state index is 1.10. The molecule has 0 bridgehead atoms. The van der Waals surface area contributed by atoms with Crippen LogP contribution in [-0.2, 0) is 6.42 Å². The second kappa shape index (κ2) is 13.2. The smallest absolute Gasteiger partial charge is 0.00132 e. The van der Waals surface area contributed by atoms with E-state index in [1.54, 1.807) is 0 Å². The minimum absolute atomic E-state index is 1.10. The highest BCUT2D eigenvalue weighted by atomic mass is 14.2. The van der Waals surface area contributed by atoms with Crippen LogP contribution in [-0.4, -0.2) is 0 Å². The molecule has 1 aliphatic carbocycles. The number of benzene rings is 6. The zero-order valence-corrected chi connectivity index (χ0v) is 31.5. The number of hydrogen-bond donors (Lipinski definition) is 0. The third-order valence-electron chi connectivity index (χ3n) is 11.1. The van der Waals surface area contributed by atoms with Crippen molar-refractivity contribution >= 4 is 21.5 Å². The van der Waals surface area contributed by atoms with Gasteiger partial charge in [-0.2, -0.15) is 0 Å². The Morgan fingerprint density at radius 2 is 0.468 bits per heavy atom. The quantitative estimate of drug-likeness (QED) is 0.148. The number of fused-ring (bicyclic) bond motifs is 5. The molecule has 7 rings (SSSR count). The molecule has 0 saturated heterocycles. The molecule has 0 fully saturated rings. The van der Waals surface area contributed by atoms with E-state index in [9.17, 15) is 0 Å². The zero-order valence-electron chi connectivity index (χ0n) is 31.5. The summed E-state index contributed by atoms with van der Waals surface area (Å²) in [5.74, 6) is 0. The van der Waals surface area contributed by atoms with E-state index in [-0.39, 0.29) is 0 Å². The third-order valence-corrected chi connectivity index (χ3v) is 11.1. The molecule has 0 heteroatoms. The van der Waals surface area contributed by atoms with Crippen molar-refractivity contribution in [3.05, 3.63) is 150 Å².